The van der Waals surface area contributed by atoms with Crippen LogP contribution >= 0.6 is 0 Å². The summed E-state index contributed by atoms with van der Waals surface area (Å²) in [5.41, 5.74) is 5.26. The van der Waals surface area contributed by atoms with Crippen LogP contribution in [-0.4, -0.2) is 11.7 Å². The molecule has 1 amide bonds. The predicted molar refractivity (Wildman–Crippen MR) is 42.0 cm³/mol. The number of amides is 1. The van der Waals surface area contributed by atoms with Crippen LogP contribution in [0.4, 0.5) is 0 Å². The minimum atomic E-state index is -0.774. The summed E-state index contributed by atoms with van der Waals surface area (Å²) in [6.07, 6.45) is 0. The van der Waals surface area contributed by atoms with E-state index < -0.39 is 21.8 Å². The second kappa shape index (κ2) is 6.04. The number of amidine groups is 1. The van der Waals surface area contributed by atoms with Crippen LogP contribution in [0.2, 0.25) is 0 Å². The SMILES string of the molecule is CC(N)=N[I-]N=NC(=O)C(C)C. The molecule has 0 aromatic heterocycles. The summed E-state index contributed by atoms with van der Waals surface area (Å²) in [6.45, 7) is 5.23. The number of hydrogen-bond donors (Lipinski definition) is 1. The Hall–Kier alpha value is -0.530. The molecule has 0 heterocycles. The third-order valence-corrected chi connectivity index (χ3v) is 2.22. The third kappa shape index (κ3) is 6.20. The average Bonchev–Trinajstić information content (AvgIpc) is 1.97. The zero-order chi connectivity index (χ0) is 9.56. The van der Waals surface area contributed by atoms with Gasteiger partial charge in [-0.3, -0.25) is 0 Å². The van der Waals surface area contributed by atoms with E-state index in [4.69, 9.17) is 5.73 Å². The molecule has 0 radical (unpaired) electrons. The first kappa shape index (κ1) is 11.5. The molecule has 0 fully saturated rings. The number of carbonyl (C=O) groups excluding carboxylic acids is 1. The van der Waals surface area contributed by atoms with Gasteiger partial charge in [-0.05, 0) is 0 Å². The average molecular weight is 283 g/mol. The Morgan fingerprint density at radius 2 is 2.08 bits per heavy atom. The van der Waals surface area contributed by atoms with Gasteiger partial charge in [0.15, 0.2) is 0 Å². The molecule has 0 bridgehead atoms. The van der Waals surface area contributed by atoms with Crippen molar-refractivity contribution in [1.29, 1.82) is 0 Å². The fourth-order valence-corrected chi connectivity index (χ4v) is 0.992. The fraction of sp³-hybridized carbons (Fsp3) is 0.667. The molecule has 5 nitrogen and oxygen atoms in total. The number of carbonyl (C=O) groups is 1. The zero-order valence-corrected chi connectivity index (χ0v) is 9.44. The van der Waals surface area contributed by atoms with E-state index in [1.54, 1.807) is 20.8 Å². The molecule has 0 atom stereocenters. The van der Waals surface area contributed by atoms with Gasteiger partial charge >= 0.3 is 82.4 Å². The molecule has 0 spiro atoms. The number of hydrogen-bond acceptors (Lipinski definition) is 3. The van der Waals surface area contributed by atoms with Gasteiger partial charge in [0.25, 0.3) is 0 Å². The van der Waals surface area contributed by atoms with Crippen LogP contribution in [0.1, 0.15) is 20.8 Å². The van der Waals surface area contributed by atoms with Gasteiger partial charge in [0.05, 0.1) is 0 Å². The number of rotatable bonds is 3. The van der Waals surface area contributed by atoms with E-state index in [2.05, 4.69) is 11.6 Å². The van der Waals surface area contributed by atoms with Gasteiger partial charge in [-0.25, -0.2) is 0 Å². The Bertz CT molecular complexity index is 208. The maximum atomic E-state index is 10.9. The molecule has 0 aromatic rings. The van der Waals surface area contributed by atoms with Crippen molar-refractivity contribution in [2.75, 3.05) is 0 Å². The van der Waals surface area contributed by atoms with E-state index in [1.807, 2.05) is 0 Å². The normalized spacial score (nSPS) is 13.2. The molecule has 2 N–H and O–H groups in total. The zero-order valence-electron chi connectivity index (χ0n) is 7.28. The Kier molecular flexibility index (Phi) is 5.77. The first-order valence-corrected chi connectivity index (χ1v) is 5.35. The van der Waals surface area contributed by atoms with Crippen molar-refractivity contribution in [2.45, 2.75) is 20.8 Å². The fourth-order valence-electron chi connectivity index (χ4n) is 0.246. The van der Waals surface area contributed by atoms with Gasteiger partial charge < -0.3 is 0 Å². The van der Waals surface area contributed by atoms with Gasteiger partial charge in [-0.15, -0.1) is 0 Å². The third-order valence-electron chi connectivity index (χ3n) is 0.835. The Labute approximate surface area is 82.5 Å². The van der Waals surface area contributed by atoms with Crippen molar-refractivity contribution in [1.82, 2.24) is 0 Å². The van der Waals surface area contributed by atoms with Crippen molar-refractivity contribution >= 4 is 11.7 Å². The van der Waals surface area contributed by atoms with E-state index in [0.717, 1.165) is 0 Å². The van der Waals surface area contributed by atoms with E-state index in [0.29, 0.717) is 5.84 Å². The summed E-state index contributed by atoms with van der Waals surface area (Å²) in [6, 6.07) is 0. The number of halogens is 1. The Morgan fingerprint density at radius 3 is 2.50 bits per heavy atom. The summed E-state index contributed by atoms with van der Waals surface area (Å²) in [5, 5.41) is 3.47. The van der Waals surface area contributed by atoms with Gasteiger partial charge in [-0.2, -0.15) is 0 Å². The van der Waals surface area contributed by atoms with Crippen LogP contribution in [0, 0.1) is 5.92 Å². The summed E-state index contributed by atoms with van der Waals surface area (Å²) >= 11 is -0.774. The standard InChI is InChI=1S/C6H12IN4O/c1-4(2)6(12)10-11-7-9-5(3)8/h4H,1-3H3,(H2,8,9)/q-1. The molecule has 70 valence electrons. The first-order valence-electron chi connectivity index (χ1n) is 3.42. The van der Waals surface area contributed by atoms with Crippen molar-refractivity contribution in [3.05, 3.63) is 0 Å². The van der Waals surface area contributed by atoms with Crippen LogP contribution < -0.4 is 27.5 Å². The van der Waals surface area contributed by atoms with Gasteiger partial charge in [0.2, 0.25) is 0 Å². The molecule has 0 rings (SSSR count). The molecule has 0 aliphatic rings. The number of nitrogens with zero attached hydrogens (tertiary/aromatic N) is 3. The first-order chi connectivity index (χ1) is 5.54. The molecule has 0 saturated heterocycles. The van der Waals surface area contributed by atoms with E-state index in [1.165, 1.54) is 0 Å². The molecule has 0 saturated carbocycles. The summed E-state index contributed by atoms with van der Waals surface area (Å²) < 4.78 is 7.50. The quantitative estimate of drug-likeness (QED) is 0.279. The second-order valence-electron chi connectivity index (χ2n) is 2.47. The Morgan fingerprint density at radius 1 is 1.50 bits per heavy atom. The molecule has 0 aliphatic heterocycles. The van der Waals surface area contributed by atoms with Crippen LogP contribution in [0.15, 0.2) is 11.6 Å². The topological polar surface area (TPSA) is 80.2 Å². The van der Waals surface area contributed by atoms with Crippen molar-refractivity contribution in [3.63, 3.8) is 0 Å². The molecule has 0 aromatic carbocycles. The number of nitrogens with two attached hydrogens (primary N) is 1. The summed E-state index contributed by atoms with van der Waals surface area (Å²) in [5.74, 6) is 0.180. The van der Waals surface area contributed by atoms with Crippen molar-refractivity contribution in [3.8, 4) is 0 Å². The van der Waals surface area contributed by atoms with Crippen LogP contribution in [-0.2, 0) is 4.79 Å². The van der Waals surface area contributed by atoms with E-state index in [9.17, 15) is 4.79 Å². The monoisotopic (exact) mass is 283 g/mol. The van der Waals surface area contributed by atoms with Crippen LogP contribution in [0.3, 0.4) is 0 Å². The van der Waals surface area contributed by atoms with Gasteiger partial charge in [0.1, 0.15) is 0 Å². The van der Waals surface area contributed by atoms with Crippen LogP contribution in [0.5, 0.6) is 0 Å². The summed E-state index contributed by atoms with van der Waals surface area (Å²) in [7, 11) is 0. The Balaban J connectivity index is 3.78. The van der Waals surface area contributed by atoms with Gasteiger partial charge in [-0.1, -0.05) is 0 Å². The molecule has 0 aliphatic carbocycles. The predicted octanol–water partition coefficient (Wildman–Crippen LogP) is -2.08. The summed E-state index contributed by atoms with van der Waals surface area (Å²) in [4.78, 5) is 10.9. The molecular formula is C6H12IN4O-. The second-order valence-corrected chi connectivity index (χ2v) is 3.82. The molecule has 12 heavy (non-hydrogen) atoms. The molecule has 0 unspecified atom stereocenters. The van der Waals surface area contributed by atoms with Crippen molar-refractivity contribution < 1.29 is 26.5 Å². The minimum absolute atomic E-state index is 0.0966. The van der Waals surface area contributed by atoms with Gasteiger partial charge in [0, 0.05) is 0 Å². The molecule has 6 heteroatoms. The van der Waals surface area contributed by atoms with E-state index in [-0.39, 0.29) is 11.8 Å². The van der Waals surface area contributed by atoms with E-state index >= 15 is 0 Å². The molecular weight excluding hydrogens is 271 g/mol. The van der Waals surface area contributed by atoms with Crippen LogP contribution in [0.25, 0.3) is 0 Å². The maximum absolute atomic E-state index is 10.9. The van der Waals surface area contributed by atoms with Crippen molar-refractivity contribution in [2.24, 2.45) is 23.3 Å².